The molecule has 3 aromatic rings. The highest BCUT2D eigenvalue weighted by Gasteiger charge is 2.26. The summed E-state index contributed by atoms with van der Waals surface area (Å²) in [6, 6.07) is 9.20. The van der Waals surface area contributed by atoms with Crippen LogP contribution in [0.4, 0.5) is 0 Å². The maximum absolute atomic E-state index is 13.1. The van der Waals surface area contributed by atoms with Crippen LogP contribution in [0.5, 0.6) is 0 Å². The fraction of sp³-hybridized carbons (Fsp3) is 0.333. The van der Waals surface area contributed by atoms with Crippen molar-refractivity contribution in [3.05, 3.63) is 67.2 Å². The van der Waals surface area contributed by atoms with E-state index < -0.39 is 35.8 Å². The van der Waals surface area contributed by atoms with Gasteiger partial charge in [0.2, 0.25) is 0 Å². The van der Waals surface area contributed by atoms with Crippen LogP contribution >= 0.6 is 11.3 Å². The van der Waals surface area contributed by atoms with Gasteiger partial charge in [-0.25, -0.2) is 14.2 Å². The van der Waals surface area contributed by atoms with Gasteiger partial charge >= 0.3 is 17.6 Å². The number of esters is 1. The van der Waals surface area contributed by atoms with Crippen molar-refractivity contribution in [1.82, 2.24) is 9.13 Å². The fourth-order valence-corrected chi connectivity index (χ4v) is 4.57. The van der Waals surface area contributed by atoms with Crippen molar-refractivity contribution in [3.63, 3.8) is 0 Å². The van der Waals surface area contributed by atoms with Gasteiger partial charge in [0.05, 0.1) is 18.5 Å². The summed E-state index contributed by atoms with van der Waals surface area (Å²) in [5.74, 6) is -1.93. The minimum Gasteiger partial charge on any atom is -0.480 e. The molecule has 0 spiro atoms. The number of carboxylic acid groups (broad SMARTS) is 1. The van der Waals surface area contributed by atoms with E-state index in [4.69, 9.17) is 9.47 Å². The van der Waals surface area contributed by atoms with E-state index in [1.807, 2.05) is 30.3 Å². The first kappa shape index (κ1) is 22.4. The van der Waals surface area contributed by atoms with Crippen LogP contribution in [-0.4, -0.2) is 39.9 Å². The highest BCUT2D eigenvalue weighted by Crippen LogP contribution is 2.30. The average molecular weight is 446 g/mol. The predicted molar refractivity (Wildman–Crippen MR) is 115 cm³/mol. The van der Waals surface area contributed by atoms with Gasteiger partial charge in [-0.1, -0.05) is 30.3 Å². The SMILES string of the molecule is CCOC(=O)c1sc2c(c1C)c(=O)n(CC(=O)O)c(=O)n2C[C@H](OC)c1ccccc1. The van der Waals surface area contributed by atoms with Gasteiger partial charge in [-0.05, 0) is 25.0 Å². The molecule has 3 rings (SSSR count). The third kappa shape index (κ3) is 4.30. The highest BCUT2D eigenvalue weighted by molar-refractivity contribution is 7.20. The zero-order chi connectivity index (χ0) is 22.7. The summed E-state index contributed by atoms with van der Waals surface area (Å²) >= 11 is 0.974. The summed E-state index contributed by atoms with van der Waals surface area (Å²) in [7, 11) is 1.50. The molecule has 31 heavy (non-hydrogen) atoms. The molecule has 0 aliphatic carbocycles. The number of carbonyl (C=O) groups is 2. The Kier molecular flexibility index (Phi) is 6.71. The number of hydrogen-bond acceptors (Lipinski definition) is 7. The highest BCUT2D eigenvalue weighted by atomic mass is 32.1. The summed E-state index contributed by atoms with van der Waals surface area (Å²) in [5, 5.41) is 9.34. The number of nitrogens with zero attached hydrogens (tertiary/aromatic N) is 2. The molecule has 1 N–H and O–H groups in total. The number of aliphatic carboxylic acids is 1. The molecule has 2 heterocycles. The van der Waals surface area contributed by atoms with Crippen molar-refractivity contribution >= 4 is 33.5 Å². The number of methoxy groups -OCH3 is 1. The number of aryl methyl sites for hydroxylation is 1. The van der Waals surface area contributed by atoms with Crippen molar-refractivity contribution in [2.45, 2.75) is 33.0 Å². The lowest BCUT2D eigenvalue weighted by atomic mass is 10.1. The van der Waals surface area contributed by atoms with E-state index in [9.17, 15) is 24.3 Å². The van der Waals surface area contributed by atoms with Crippen molar-refractivity contribution in [1.29, 1.82) is 0 Å². The first-order valence-electron chi connectivity index (χ1n) is 9.53. The quantitative estimate of drug-likeness (QED) is 0.527. The van der Waals surface area contributed by atoms with Gasteiger partial charge in [0.1, 0.15) is 22.4 Å². The van der Waals surface area contributed by atoms with Gasteiger partial charge in [-0.15, -0.1) is 11.3 Å². The molecule has 0 unspecified atom stereocenters. The number of benzene rings is 1. The van der Waals surface area contributed by atoms with Crippen LogP contribution in [0.15, 0.2) is 39.9 Å². The van der Waals surface area contributed by atoms with Crippen LogP contribution < -0.4 is 11.2 Å². The van der Waals surface area contributed by atoms with Gasteiger partial charge in [-0.3, -0.25) is 14.2 Å². The third-order valence-corrected chi connectivity index (χ3v) is 6.15. The van der Waals surface area contributed by atoms with Crippen LogP contribution in [0.2, 0.25) is 0 Å². The van der Waals surface area contributed by atoms with E-state index in [1.165, 1.54) is 11.7 Å². The van der Waals surface area contributed by atoms with Crippen LogP contribution in [0.25, 0.3) is 10.2 Å². The number of rotatable bonds is 8. The summed E-state index contributed by atoms with van der Waals surface area (Å²) in [4.78, 5) is 50.3. The third-order valence-electron chi connectivity index (χ3n) is 4.85. The van der Waals surface area contributed by atoms with E-state index in [0.717, 1.165) is 16.9 Å². The van der Waals surface area contributed by atoms with Gasteiger partial charge in [0.25, 0.3) is 5.56 Å². The van der Waals surface area contributed by atoms with Crippen molar-refractivity contribution < 1.29 is 24.2 Å². The minimum absolute atomic E-state index is 0.0258. The topological polar surface area (TPSA) is 117 Å². The van der Waals surface area contributed by atoms with E-state index in [-0.39, 0.29) is 28.2 Å². The molecule has 9 nitrogen and oxygen atoms in total. The molecule has 0 radical (unpaired) electrons. The Morgan fingerprint density at radius 1 is 1.16 bits per heavy atom. The number of ether oxygens (including phenoxy) is 2. The minimum atomic E-state index is -1.32. The van der Waals surface area contributed by atoms with Gasteiger partial charge < -0.3 is 14.6 Å². The average Bonchev–Trinajstić information content (AvgIpc) is 3.09. The molecule has 0 aliphatic rings. The Morgan fingerprint density at radius 3 is 2.42 bits per heavy atom. The van der Waals surface area contributed by atoms with Crippen molar-refractivity contribution in [2.75, 3.05) is 13.7 Å². The lowest BCUT2D eigenvalue weighted by Gasteiger charge is -2.18. The Hall–Kier alpha value is -3.24. The summed E-state index contributed by atoms with van der Waals surface area (Å²) in [5.41, 5.74) is -0.379. The normalized spacial score (nSPS) is 12.1. The zero-order valence-electron chi connectivity index (χ0n) is 17.3. The molecule has 2 aromatic heterocycles. The second-order valence-electron chi connectivity index (χ2n) is 6.77. The number of fused-ring (bicyclic) bond motifs is 1. The van der Waals surface area contributed by atoms with Gasteiger partial charge in [0.15, 0.2) is 0 Å². The largest absolute Gasteiger partial charge is 0.480 e. The lowest BCUT2D eigenvalue weighted by Crippen LogP contribution is -2.42. The molecule has 0 saturated carbocycles. The van der Waals surface area contributed by atoms with Crippen molar-refractivity contribution in [2.24, 2.45) is 0 Å². The molecule has 0 bridgehead atoms. The second kappa shape index (κ2) is 9.27. The standard InChI is InChI=1S/C21H22N2O7S/c1-4-30-20(27)17-12(2)16-18(26)22(11-15(24)25)21(28)23(19(16)31-17)10-14(29-3)13-8-6-5-7-9-13/h5-9,14H,4,10-11H2,1-3H3,(H,24,25)/t14-/m0/s1. The molecule has 1 atom stereocenters. The number of carbonyl (C=O) groups excluding carboxylic acids is 1. The molecular formula is C21H22N2O7S. The molecular weight excluding hydrogens is 424 g/mol. The first-order chi connectivity index (χ1) is 14.8. The molecule has 0 amide bonds. The fourth-order valence-electron chi connectivity index (χ4n) is 3.37. The van der Waals surface area contributed by atoms with Crippen LogP contribution in [-0.2, 0) is 27.4 Å². The maximum atomic E-state index is 13.1. The smallest absolute Gasteiger partial charge is 0.348 e. The van der Waals surface area contributed by atoms with Crippen LogP contribution in [0, 0.1) is 6.92 Å². The predicted octanol–water partition coefficient (Wildman–Crippen LogP) is 2.18. The molecule has 10 heteroatoms. The Bertz CT molecular complexity index is 1240. The lowest BCUT2D eigenvalue weighted by molar-refractivity contribution is -0.137. The summed E-state index contributed by atoms with van der Waals surface area (Å²) in [6.45, 7) is 2.64. The number of thiophene rings is 1. The molecule has 0 saturated heterocycles. The first-order valence-corrected chi connectivity index (χ1v) is 10.3. The molecule has 0 aliphatic heterocycles. The molecule has 1 aromatic carbocycles. The molecule has 0 fully saturated rings. The van der Waals surface area contributed by atoms with Crippen LogP contribution in [0.3, 0.4) is 0 Å². The number of hydrogen-bond donors (Lipinski definition) is 1. The van der Waals surface area contributed by atoms with Crippen LogP contribution in [0.1, 0.15) is 33.8 Å². The number of aromatic nitrogens is 2. The zero-order valence-corrected chi connectivity index (χ0v) is 18.1. The summed E-state index contributed by atoms with van der Waals surface area (Å²) in [6.07, 6.45) is -0.536. The van der Waals surface area contributed by atoms with E-state index in [1.54, 1.807) is 13.8 Å². The van der Waals surface area contributed by atoms with E-state index >= 15 is 0 Å². The van der Waals surface area contributed by atoms with Crippen molar-refractivity contribution in [3.8, 4) is 0 Å². The Morgan fingerprint density at radius 2 is 1.84 bits per heavy atom. The molecule has 164 valence electrons. The van der Waals surface area contributed by atoms with E-state index in [2.05, 4.69) is 0 Å². The van der Waals surface area contributed by atoms with Gasteiger partial charge in [0, 0.05) is 7.11 Å². The van der Waals surface area contributed by atoms with E-state index in [0.29, 0.717) is 10.1 Å². The Labute approximate surface area is 181 Å². The summed E-state index contributed by atoms with van der Waals surface area (Å²) < 4.78 is 12.6. The number of carboxylic acids is 1. The van der Waals surface area contributed by atoms with Gasteiger partial charge in [-0.2, -0.15) is 0 Å². The Balaban J connectivity index is 2.28. The monoisotopic (exact) mass is 446 g/mol. The maximum Gasteiger partial charge on any atom is 0.348 e. The second-order valence-corrected chi connectivity index (χ2v) is 7.77.